The third-order valence-corrected chi connectivity index (χ3v) is 7.63. The number of allylic oxidation sites excluding steroid dienone is 2. The monoisotopic (exact) mass is 454 g/mol. The van der Waals surface area contributed by atoms with E-state index in [0.29, 0.717) is 11.5 Å². The fourth-order valence-corrected chi connectivity index (χ4v) is 5.82. The highest BCUT2D eigenvalue weighted by atomic mass is 19.3. The SMILES string of the molecule is CCC/C=C/CCCC1CCC(C2CCC(c3cc(F)c(OC(F)F)c(F)c3)CC2)CC1. The van der Waals surface area contributed by atoms with Gasteiger partial charge in [0, 0.05) is 0 Å². The van der Waals surface area contributed by atoms with Crippen LogP contribution in [0.5, 0.6) is 5.75 Å². The van der Waals surface area contributed by atoms with Gasteiger partial charge in [-0.2, -0.15) is 8.78 Å². The minimum absolute atomic E-state index is 0.0907. The van der Waals surface area contributed by atoms with Crippen LogP contribution in [0, 0.1) is 29.4 Å². The average Bonchev–Trinajstić information content (AvgIpc) is 2.79. The third kappa shape index (κ3) is 7.25. The van der Waals surface area contributed by atoms with E-state index < -0.39 is 24.0 Å². The topological polar surface area (TPSA) is 9.23 Å². The van der Waals surface area contributed by atoms with E-state index >= 15 is 0 Å². The van der Waals surface area contributed by atoms with Crippen molar-refractivity contribution in [3.63, 3.8) is 0 Å². The zero-order chi connectivity index (χ0) is 22.9. The van der Waals surface area contributed by atoms with Crippen LogP contribution in [0.2, 0.25) is 0 Å². The first kappa shape index (κ1) is 25.1. The summed E-state index contributed by atoms with van der Waals surface area (Å²) in [6.07, 6.45) is 20.2. The van der Waals surface area contributed by atoms with Crippen molar-refractivity contribution in [1.29, 1.82) is 0 Å². The lowest BCUT2D eigenvalue weighted by Crippen LogP contribution is -2.25. The largest absolute Gasteiger partial charge is 0.429 e. The summed E-state index contributed by atoms with van der Waals surface area (Å²) < 4.78 is 56.9. The number of halogens is 4. The van der Waals surface area contributed by atoms with Crippen molar-refractivity contribution in [1.82, 2.24) is 0 Å². The summed E-state index contributed by atoms with van der Waals surface area (Å²) in [6, 6.07) is 2.35. The molecular formula is C27H38F4O. The zero-order valence-electron chi connectivity index (χ0n) is 19.3. The van der Waals surface area contributed by atoms with E-state index in [1.54, 1.807) is 0 Å². The maximum absolute atomic E-state index is 14.1. The highest BCUT2D eigenvalue weighted by molar-refractivity contribution is 5.33. The van der Waals surface area contributed by atoms with E-state index in [1.807, 2.05) is 0 Å². The molecule has 0 heterocycles. The molecule has 0 N–H and O–H groups in total. The summed E-state index contributed by atoms with van der Waals surface area (Å²) in [5.41, 5.74) is 0.566. The number of ether oxygens (including phenoxy) is 1. The van der Waals surface area contributed by atoms with Gasteiger partial charge in [-0.3, -0.25) is 0 Å². The average molecular weight is 455 g/mol. The molecule has 0 atom stereocenters. The van der Waals surface area contributed by atoms with Crippen molar-refractivity contribution in [3.8, 4) is 5.75 Å². The number of benzene rings is 1. The zero-order valence-corrected chi connectivity index (χ0v) is 19.3. The highest BCUT2D eigenvalue weighted by Gasteiger charge is 2.32. The van der Waals surface area contributed by atoms with Crippen molar-refractivity contribution < 1.29 is 22.3 Å². The first-order valence-electron chi connectivity index (χ1n) is 12.6. The number of unbranched alkanes of at least 4 members (excludes halogenated alkanes) is 2. The van der Waals surface area contributed by atoms with Gasteiger partial charge in [-0.25, -0.2) is 8.78 Å². The van der Waals surface area contributed by atoms with Crippen LogP contribution < -0.4 is 4.74 Å². The molecular weight excluding hydrogens is 416 g/mol. The summed E-state index contributed by atoms with van der Waals surface area (Å²) in [6.45, 7) is -1.03. The van der Waals surface area contributed by atoms with Crippen LogP contribution in [0.4, 0.5) is 17.6 Å². The molecule has 1 aromatic rings. The Morgan fingerprint density at radius 1 is 0.875 bits per heavy atom. The van der Waals surface area contributed by atoms with Gasteiger partial charge in [0.15, 0.2) is 17.4 Å². The van der Waals surface area contributed by atoms with E-state index in [9.17, 15) is 17.6 Å². The van der Waals surface area contributed by atoms with Crippen molar-refractivity contribution in [3.05, 3.63) is 41.5 Å². The molecule has 5 heteroatoms. The number of hydrogen-bond acceptors (Lipinski definition) is 1. The predicted octanol–water partition coefficient (Wildman–Crippen LogP) is 9.17. The van der Waals surface area contributed by atoms with Gasteiger partial charge < -0.3 is 4.74 Å². The lowest BCUT2D eigenvalue weighted by molar-refractivity contribution is -0.0546. The van der Waals surface area contributed by atoms with E-state index in [1.165, 1.54) is 69.9 Å². The van der Waals surface area contributed by atoms with Crippen LogP contribution in [-0.2, 0) is 0 Å². The van der Waals surface area contributed by atoms with Crippen LogP contribution in [0.1, 0.15) is 102 Å². The minimum Gasteiger partial charge on any atom is -0.429 e. The summed E-state index contributed by atoms with van der Waals surface area (Å²) in [4.78, 5) is 0. The van der Waals surface area contributed by atoms with Crippen LogP contribution in [0.15, 0.2) is 24.3 Å². The van der Waals surface area contributed by atoms with Crippen molar-refractivity contribution >= 4 is 0 Å². The van der Waals surface area contributed by atoms with Gasteiger partial charge >= 0.3 is 6.61 Å². The standard InChI is InChI=1S/C27H38F4O/c1-2-3-4-5-6-7-8-19-9-11-20(12-10-19)21-13-15-22(16-14-21)23-17-24(28)26(25(29)18-23)32-27(30)31/h4-5,17-22,27H,2-3,6-16H2,1H3/b5-4+. The summed E-state index contributed by atoms with van der Waals surface area (Å²) in [5, 5.41) is 0. The molecule has 0 spiro atoms. The van der Waals surface area contributed by atoms with Gasteiger partial charge in [-0.05, 0) is 99.2 Å². The Hall–Kier alpha value is -1.52. The first-order valence-corrected chi connectivity index (χ1v) is 12.6. The fourth-order valence-electron chi connectivity index (χ4n) is 5.82. The first-order chi connectivity index (χ1) is 15.5. The van der Waals surface area contributed by atoms with Gasteiger partial charge in [0.05, 0.1) is 0 Å². The van der Waals surface area contributed by atoms with Crippen molar-refractivity contribution in [2.24, 2.45) is 17.8 Å². The van der Waals surface area contributed by atoms with Crippen LogP contribution in [0.25, 0.3) is 0 Å². The van der Waals surface area contributed by atoms with Crippen LogP contribution >= 0.6 is 0 Å². The van der Waals surface area contributed by atoms with Crippen LogP contribution in [0.3, 0.4) is 0 Å². The Kier molecular flexibility index (Phi) is 9.92. The maximum Gasteiger partial charge on any atom is 0.387 e. The third-order valence-electron chi connectivity index (χ3n) is 7.63. The second-order valence-electron chi connectivity index (χ2n) is 9.78. The molecule has 2 saturated carbocycles. The molecule has 2 aliphatic rings. The Morgan fingerprint density at radius 2 is 1.44 bits per heavy atom. The molecule has 32 heavy (non-hydrogen) atoms. The summed E-state index contributed by atoms with van der Waals surface area (Å²) in [5.74, 6) is -0.600. The molecule has 0 amide bonds. The second kappa shape index (κ2) is 12.6. The lowest BCUT2D eigenvalue weighted by atomic mass is 9.68. The Labute approximate surface area is 190 Å². The van der Waals surface area contributed by atoms with Crippen molar-refractivity contribution in [2.75, 3.05) is 0 Å². The van der Waals surface area contributed by atoms with Crippen LogP contribution in [-0.4, -0.2) is 6.61 Å². The normalized spacial score (nSPS) is 26.7. The molecule has 180 valence electrons. The molecule has 0 aliphatic heterocycles. The van der Waals surface area contributed by atoms with Gasteiger partial charge in [0.1, 0.15) is 0 Å². The van der Waals surface area contributed by atoms with Gasteiger partial charge in [-0.15, -0.1) is 0 Å². The minimum atomic E-state index is -3.24. The highest BCUT2D eigenvalue weighted by Crippen LogP contribution is 2.45. The maximum atomic E-state index is 14.1. The number of hydrogen-bond donors (Lipinski definition) is 0. The fraction of sp³-hybridized carbons (Fsp3) is 0.704. The quantitative estimate of drug-likeness (QED) is 0.194. The molecule has 1 aromatic carbocycles. The Balaban J connectivity index is 1.41. The van der Waals surface area contributed by atoms with E-state index in [0.717, 1.165) is 37.5 Å². The molecule has 2 fully saturated rings. The summed E-state index contributed by atoms with van der Waals surface area (Å²) in [7, 11) is 0. The van der Waals surface area contributed by atoms with E-state index in [-0.39, 0.29) is 5.92 Å². The molecule has 0 aromatic heterocycles. The van der Waals surface area contributed by atoms with Crippen molar-refractivity contribution in [2.45, 2.75) is 103 Å². The molecule has 0 unspecified atom stereocenters. The van der Waals surface area contributed by atoms with E-state index in [4.69, 9.17) is 0 Å². The Morgan fingerprint density at radius 3 is 2.00 bits per heavy atom. The molecule has 0 radical (unpaired) electrons. The lowest BCUT2D eigenvalue weighted by Gasteiger charge is -2.38. The van der Waals surface area contributed by atoms with Gasteiger partial charge in [0.2, 0.25) is 0 Å². The Bertz CT molecular complexity index is 693. The second-order valence-corrected chi connectivity index (χ2v) is 9.78. The molecule has 0 saturated heterocycles. The van der Waals surface area contributed by atoms with Gasteiger partial charge in [-0.1, -0.05) is 44.8 Å². The number of alkyl halides is 2. The molecule has 1 nitrogen and oxygen atoms in total. The smallest absolute Gasteiger partial charge is 0.387 e. The number of rotatable bonds is 10. The molecule has 0 bridgehead atoms. The van der Waals surface area contributed by atoms with E-state index in [2.05, 4.69) is 23.8 Å². The molecule has 3 rings (SSSR count). The van der Waals surface area contributed by atoms with Gasteiger partial charge in [0.25, 0.3) is 0 Å². The summed E-state index contributed by atoms with van der Waals surface area (Å²) >= 11 is 0. The molecule has 2 aliphatic carbocycles. The predicted molar refractivity (Wildman–Crippen MR) is 121 cm³/mol.